The van der Waals surface area contributed by atoms with E-state index in [1.54, 1.807) is 12.1 Å². The summed E-state index contributed by atoms with van der Waals surface area (Å²) in [6.07, 6.45) is 4.87. The Kier molecular flexibility index (Phi) is 8.07. The van der Waals surface area contributed by atoms with Gasteiger partial charge < -0.3 is 15.4 Å². The zero-order valence-corrected chi connectivity index (χ0v) is 20.6. The second-order valence-electron chi connectivity index (χ2n) is 9.27. The predicted octanol–water partition coefficient (Wildman–Crippen LogP) is 0.705. The highest BCUT2D eigenvalue weighted by molar-refractivity contribution is 7.89. The summed E-state index contributed by atoms with van der Waals surface area (Å²) in [4.78, 5) is 28.9. The number of rotatable bonds is 9. The van der Waals surface area contributed by atoms with Gasteiger partial charge in [0.1, 0.15) is 10.6 Å². The number of sulfonamides is 1. The molecule has 11 heteroatoms. The first-order chi connectivity index (χ1) is 16.3. The van der Waals surface area contributed by atoms with E-state index in [0.717, 1.165) is 45.2 Å². The molecule has 188 valence electrons. The molecule has 2 heterocycles. The molecule has 0 bridgehead atoms. The van der Waals surface area contributed by atoms with Gasteiger partial charge in [-0.3, -0.25) is 19.4 Å². The number of amides is 2. The molecule has 1 aliphatic carbocycles. The molecule has 3 aliphatic rings. The van der Waals surface area contributed by atoms with Crippen molar-refractivity contribution >= 4 is 27.5 Å². The van der Waals surface area contributed by atoms with Gasteiger partial charge in [0.2, 0.25) is 21.8 Å². The molecule has 2 aliphatic heterocycles. The molecule has 1 aromatic rings. The van der Waals surface area contributed by atoms with Crippen molar-refractivity contribution in [2.45, 2.75) is 43.0 Å². The smallest absolute Gasteiger partial charge is 0.246 e. The first-order valence-electron chi connectivity index (χ1n) is 12.1. The predicted molar refractivity (Wildman–Crippen MR) is 128 cm³/mol. The molecular weight excluding hydrogens is 458 g/mol. The van der Waals surface area contributed by atoms with Gasteiger partial charge in [-0.25, -0.2) is 8.42 Å². The van der Waals surface area contributed by atoms with E-state index in [1.807, 2.05) is 4.90 Å². The summed E-state index contributed by atoms with van der Waals surface area (Å²) >= 11 is 0. The fraction of sp³-hybridized carbons (Fsp3) is 0.652. The Morgan fingerprint density at radius 1 is 0.941 bits per heavy atom. The number of carbonyl (C=O) groups is 2. The van der Waals surface area contributed by atoms with Crippen molar-refractivity contribution in [1.82, 2.24) is 19.4 Å². The van der Waals surface area contributed by atoms with E-state index in [9.17, 15) is 18.0 Å². The van der Waals surface area contributed by atoms with Crippen molar-refractivity contribution in [3.63, 3.8) is 0 Å². The van der Waals surface area contributed by atoms with Crippen LogP contribution in [0.25, 0.3) is 0 Å². The topological polar surface area (TPSA) is 111 Å². The lowest BCUT2D eigenvalue weighted by Crippen LogP contribution is -2.51. The van der Waals surface area contributed by atoms with Crippen LogP contribution in [0.1, 0.15) is 32.1 Å². The van der Waals surface area contributed by atoms with Gasteiger partial charge in [0.05, 0.1) is 20.2 Å². The van der Waals surface area contributed by atoms with Crippen molar-refractivity contribution < 1.29 is 22.7 Å². The summed E-state index contributed by atoms with van der Waals surface area (Å²) in [5.74, 6) is 0.139. The molecule has 2 amide bonds. The first-order valence-corrected chi connectivity index (χ1v) is 13.5. The SMILES string of the molecule is COc1ccc(NC(=O)CN2CCN(CC(=O)NC3CC3)CC2)cc1S(=O)(=O)N1CCCCC1. The number of hydrogen-bond donors (Lipinski definition) is 2. The van der Waals surface area contributed by atoms with Crippen LogP contribution < -0.4 is 15.4 Å². The van der Waals surface area contributed by atoms with Crippen LogP contribution in [-0.4, -0.2) is 99.8 Å². The molecule has 0 unspecified atom stereocenters. The van der Waals surface area contributed by atoms with Crippen LogP contribution in [0, 0.1) is 0 Å². The van der Waals surface area contributed by atoms with Crippen LogP contribution in [0.5, 0.6) is 5.75 Å². The lowest BCUT2D eigenvalue weighted by Gasteiger charge is -2.33. The minimum absolute atomic E-state index is 0.0727. The number of piperidine rings is 1. The van der Waals surface area contributed by atoms with Crippen LogP contribution in [0.4, 0.5) is 5.69 Å². The van der Waals surface area contributed by atoms with Crippen molar-refractivity contribution in [3.8, 4) is 5.75 Å². The van der Waals surface area contributed by atoms with Gasteiger partial charge in [-0.05, 0) is 43.9 Å². The van der Waals surface area contributed by atoms with Crippen LogP contribution in [-0.2, 0) is 19.6 Å². The Hall–Kier alpha value is -2.21. The van der Waals surface area contributed by atoms with E-state index in [-0.39, 0.29) is 29.0 Å². The number of anilines is 1. The molecule has 0 atom stereocenters. The number of nitrogens with one attached hydrogen (secondary N) is 2. The van der Waals surface area contributed by atoms with Crippen LogP contribution in [0.2, 0.25) is 0 Å². The maximum absolute atomic E-state index is 13.2. The quantitative estimate of drug-likeness (QED) is 0.521. The average Bonchev–Trinajstić information content (AvgIpc) is 3.64. The lowest BCUT2D eigenvalue weighted by atomic mass is 10.2. The summed E-state index contributed by atoms with van der Waals surface area (Å²) in [7, 11) is -2.26. The second kappa shape index (κ2) is 11.0. The largest absolute Gasteiger partial charge is 0.495 e. The normalized spacial score (nSPS) is 20.6. The average molecular weight is 494 g/mol. The fourth-order valence-corrected chi connectivity index (χ4v) is 6.11. The molecule has 1 saturated carbocycles. The van der Waals surface area contributed by atoms with Gasteiger partial charge >= 0.3 is 0 Å². The number of ether oxygens (including phenoxy) is 1. The van der Waals surface area contributed by atoms with E-state index >= 15 is 0 Å². The zero-order chi connectivity index (χ0) is 24.1. The fourth-order valence-electron chi connectivity index (χ4n) is 4.41. The Morgan fingerprint density at radius 2 is 1.56 bits per heavy atom. The molecule has 1 aromatic carbocycles. The Bertz CT molecular complexity index is 983. The molecule has 4 rings (SSSR count). The molecule has 3 fully saturated rings. The maximum atomic E-state index is 13.2. The van der Waals surface area contributed by atoms with Crippen LogP contribution in [0.3, 0.4) is 0 Å². The molecule has 10 nitrogen and oxygen atoms in total. The Labute approximate surface area is 201 Å². The van der Waals surface area contributed by atoms with Gasteiger partial charge in [-0.1, -0.05) is 6.42 Å². The van der Waals surface area contributed by atoms with Gasteiger partial charge in [-0.2, -0.15) is 4.31 Å². The summed E-state index contributed by atoms with van der Waals surface area (Å²) in [5.41, 5.74) is 0.428. The van der Waals surface area contributed by atoms with Gasteiger partial charge in [0.25, 0.3) is 0 Å². The molecule has 0 spiro atoms. The first kappa shape index (κ1) is 24.9. The van der Waals surface area contributed by atoms with E-state index in [2.05, 4.69) is 15.5 Å². The standard InChI is InChI=1S/C23H35N5O5S/c1-33-20-8-7-19(15-21(20)34(31,32)28-9-3-2-4-10-28)25-23(30)17-27-13-11-26(12-14-27)16-22(29)24-18-5-6-18/h7-8,15,18H,2-6,9-14,16-17H2,1H3,(H,24,29)(H,25,30). The van der Waals surface area contributed by atoms with Crippen molar-refractivity contribution in [2.24, 2.45) is 0 Å². The Balaban J connectivity index is 1.30. The molecule has 2 saturated heterocycles. The van der Waals surface area contributed by atoms with Gasteiger partial charge in [0.15, 0.2) is 0 Å². The molecule has 34 heavy (non-hydrogen) atoms. The number of piperazine rings is 1. The highest BCUT2D eigenvalue weighted by Gasteiger charge is 2.30. The van der Waals surface area contributed by atoms with Crippen molar-refractivity contribution in [2.75, 3.05) is 64.8 Å². The number of benzene rings is 1. The number of carbonyl (C=O) groups excluding carboxylic acids is 2. The maximum Gasteiger partial charge on any atom is 0.246 e. The van der Waals surface area contributed by atoms with Crippen LogP contribution >= 0.6 is 0 Å². The summed E-state index contributed by atoms with van der Waals surface area (Å²) in [6, 6.07) is 5.09. The van der Waals surface area contributed by atoms with Crippen molar-refractivity contribution in [1.29, 1.82) is 0 Å². The summed E-state index contributed by atoms with van der Waals surface area (Å²) in [6.45, 7) is 4.45. The van der Waals surface area contributed by atoms with E-state index in [4.69, 9.17) is 4.74 Å². The van der Waals surface area contributed by atoms with Crippen LogP contribution in [0.15, 0.2) is 23.1 Å². The molecular formula is C23H35N5O5S. The van der Waals surface area contributed by atoms with E-state index < -0.39 is 10.0 Å². The number of nitrogens with zero attached hydrogens (tertiary/aromatic N) is 3. The third kappa shape index (κ3) is 6.47. The van der Waals surface area contributed by atoms with E-state index in [1.165, 1.54) is 17.5 Å². The monoisotopic (exact) mass is 493 g/mol. The number of methoxy groups -OCH3 is 1. The van der Waals surface area contributed by atoms with Gasteiger partial charge in [0, 0.05) is 51.0 Å². The summed E-state index contributed by atoms with van der Waals surface area (Å²) in [5, 5.41) is 5.83. The highest BCUT2D eigenvalue weighted by Crippen LogP contribution is 2.31. The number of hydrogen-bond acceptors (Lipinski definition) is 7. The third-order valence-electron chi connectivity index (χ3n) is 6.52. The molecule has 0 aromatic heterocycles. The Morgan fingerprint density at radius 3 is 2.15 bits per heavy atom. The molecule has 0 radical (unpaired) electrons. The van der Waals surface area contributed by atoms with Gasteiger partial charge in [-0.15, -0.1) is 0 Å². The summed E-state index contributed by atoms with van der Waals surface area (Å²) < 4.78 is 33.2. The minimum Gasteiger partial charge on any atom is -0.495 e. The second-order valence-corrected chi connectivity index (χ2v) is 11.2. The molecule has 2 N–H and O–H groups in total. The highest BCUT2D eigenvalue weighted by atomic mass is 32.2. The minimum atomic E-state index is -3.70. The third-order valence-corrected chi connectivity index (χ3v) is 8.44. The zero-order valence-electron chi connectivity index (χ0n) is 19.8. The van der Waals surface area contributed by atoms with Crippen molar-refractivity contribution in [3.05, 3.63) is 18.2 Å². The van der Waals surface area contributed by atoms with E-state index in [0.29, 0.717) is 44.5 Å². The lowest BCUT2D eigenvalue weighted by molar-refractivity contribution is -0.123.